The SMILES string of the molecule is CCNC(=NCCCN1CCCC1=O)NC1CCN(c2cc(Cl)ccc2OC)C1. The Hall–Kier alpha value is -2.15. The largest absolute Gasteiger partial charge is 0.495 e. The topological polar surface area (TPSA) is 69.2 Å². The molecule has 0 radical (unpaired) electrons. The van der Waals surface area contributed by atoms with Gasteiger partial charge < -0.3 is 25.2 Å². The summed E-state index contributed by atoms with van der Waals surface area (Å²) in [4.78, 5) is 20.6. The van der Waals surface area contributed by atoms with Crippen molar-refractivity contribution >= 4 is 29.2 Å². The quantitative estimate of drug-likeness (QED) is 0.383. The lowest BCUT2D eigenvalue weighted by Gasteiger charge is -2.22. The summed E-state index contributed by atoms with van der Waals surface area (Å²) >= 11 is 6.19. The molecule has 2 aliphatic rings. The van der Waals surface area contributed by atoms with Crippen LogP contribution in [0.4, 0.5) is 5.69 Å². The highest BCUT2D eigenvalue weighted by Crippen LogP contribution is 2.33. The first kappa shape index (κ1) is 21.6. The van der Waals surface area contributed by atoms with Crippen LogP contribution in [0.1, 0.15) is 32.6 Å². The van der Waals surface area contributed by atoms with E-state index in [0.29, 0.717) is 24.0 Å². The number of nitrogens with zero attached hydrogens (tertiary/aromatic N) is 3. The van der Waals surface area contributed by atoms with Crippen LogP contribution in [0.5, 0.6) is 5.75 Å². The van der Waals surface area contributed by atoms with Crippen molar-refractivity contribution in [1.29, 1.82) is 0 Å². The average molecular weight is 422 g/mol. The number of aliphatic imine (C=N–C) groups is 1. The highest BCUT2D eigenvalue weighted by atomic mass is 35.5. The zero-order valence-corrected chi connectivity index (χ0v) is 18.2. The Balaban J connectivity index is 1.51. The standard InChI is InChI=1S/C21H32ClN5O2/c1-3-23-21(24-10-5-12-26-11-4-6-20(26)28)25-17-9-13-27(15-17)18-14-16(22)7-8-19(18)29-2/h7-8,14,17H,3-6,9-13,15H2,1-2H3,(H2,23,24,25). The molecule has 1 aromatic carbocycles. The average Bonchev–Trinajstić information content (AvgIpc) is 3.34. The first-order chi connectivity index (χ1) is 14.1. The Morgan fingerprint density at radius 2 is 2.24 bits per heavy atom. The molecule has 0 aliphatic carbocycles. The van der Waals surface area contributed by atoms with Crippen LogP contribution in [0.3, 0.4) is 0 Å². The van der Waals surface area contributed by atoms with Crippen LogP contribution in [0.25, 0.3) is 0 Å². The molecule has 2 saturated heterocycles. The lowest BCUT2D eigenvalue weighted by molar-refractivity contribution is -0.127. The van der Waals surface area contributed by atoms with Gasteiger partial charge in [-0.3, -0.25) is 9.79 Å². The van der Waals surface area contributed by atoms with Crippen LogP contribution in [-0.2, 0) is 4.79 Å². The van der Waals surface area contributed by atoms with Gasteiger partial charge in [-0.25, -0.2) is 0 Å². The number of anilines is 1. The van der Waals surface area contributed by atoms with Gasteiger partial charge in [0.1, 0.15) is 5.75 Å². The monoisotopic (exact) mass is 421 g/mol. The molecule has 1 amide bonds. The zero-order valence-electron chi connectivity index (χ0n) is 17.4. The van der Waals surface area contributed by atoms with Crippen LogP contribution in [0.2, 0.25) is 5.02 Å². The number of guanidine groups is 1. The lowest BCUT2D eigenvalue weighted by Crippen LogP contribution is -2.44. The molecule has 1 atom stereocenters. The minimum absolute atomic E-state index is 0.279. The van der Waals surface area contributed by atoms with Crippen molar-refractivity contribution in [3.05, 3.63) is 23.2 Å². The van der Waals surface area contributed by atoms with Gasteiger partial charge in [0, 0.05) is 56.8 Å². The predicted molar refractivity (Wildman–Crippen MR) is 118 cm³/mol. The highest BCUT2D eigenvalue weighted by molar-refractivity contribution is 6.30. The van der Waals surface area contributed by atoms with E-state index in [1.54, 1.807) is 7.11 Å². The van der Waals surface area contributed by atoms with E-state index >= 15 is 0 Å². The Morgan fingerprint density at radius 3 is 2.97 bits per heavy atom. The Morgan fingerprint density at radius 1 is 1.38 bits per heavy atom. The van der Waals surface area contributed by atoms with Crippen LogP contribution in [0, 0.1) is 0 Å². The van der Waals surface area contributed by atoms with Gasteiger partial charge in [-0.1, -0.05) is 11.6 Å². The molecule has 8 heteroatoms. The fourth-order valence-corrected chi connectivity index (χ4v) is 4.08. The summed E-state index contributed by atoms with van der Waals surface area (Å²) in [6.07, 6.45) is 3.59. The molecule has 2 fully saturated rings. The van der Waals surface area contributed by atoms with Gasteiger partial charge in [0.25, 0.3) is 0 Å². The fourth-order valence-electron chi connectivity index (χ4n) is 3.91. The number of carbonyl (C=O) groups is 1. The number of amides is 1. The number of ether oxygens (including phenoxy) is 1. The van der Waals surface area contributed by atoms with Crippen LogP contribution < -0.4 is 20.3 Å². The molecule has 29 heavy (non-hydrogen) atoms. The molecular weight excluding hydrogens is 390 g/mol. The fraction of sp³-hybridized carbons (Fsp3) is 0.619. The molecule has 3 rings (SSSR count). The maximum atomic E-state index is 11.7. The number of halogens is 1. The maximum absolute atomic E-state index is 11.7. The number of nitrogens with one attached hydrogen (secondary N) is 2. The van der Waals surface area contributed by atoms with E-state index in [0.717, 1.165) is 69.4 Å². The van der Waals surface area contributed by atoms with Crippen molar-refractivity contribution in [1.82, 2.24) is 15.5 Å². The number of likely N-dealkylation sites (tertiary alicyclic amines) is 1. The summed E-state index contributed by atoms with van der Waals surface area (Å²) in [5.41, 5.74) is 1.03. The predicted octanol–water partition coefficient (Wildman–Crippen LogP) is 2.49. The summed E-state index contributed by atoms with van der Waals surface area (Å²) in [6.45, 7) is 7.08. The molecule has 2 heterocycles. The summed E-state index contributed by atoms with van der Waals surface area (Å²) in [5.74, 6) is 1.96. The minimum atomic E-state index is 0.279. The normalized spacial score (nSPS) is 19.8. The first-order valence-electron chi connectivity index (χ1n) is 10.5. The van der Waals surface area contributed by atoms with Gasteiger partial charge in [-0.05, 0) is 44.4 Å². The van der Waals surface area contributed by atoms with Crippen LogP contribution >= 0.6 is 11.6 Å². The third-order valence-corrected chi connectivity index (χ3v) is 5.62. The summed E-state index contributed by atoms with van der Waals surface area (Å²) in [6, 6.07) is 6.02. The van der Waals surface area contributed by atoms with E-state index in [1.807, 2.05) is 23.1 Å². The van der Waals surface area contributed by atoms with E-state index in [-0.39, 0.29) is 5.91 Å². The van der Waals surface area contributed by atoms with Crippen molar-refractivity contribution in [2.75, 3.05) is 51.3 Å². The Labute approximate surface area is 178 Å². The van der Waals surface area contributed by atoms with Gasteiger partial charge in [0.2, 0.25) is 5.91 Å². The van der Waals surface area contributed by atoms with E-state index < -0.39 is 0 Å². The summed E-state index contributed by atoms with van der Waals surface area (Å²) < 4.78 is 5.50. The number of methoxy groups -OCH3 is 1. The molecule has 7 nitrogen and oxygen atoms in total. The van der Waals surface area contributed by atoms with Crippen molar-refractivity contribution in [2.45, 2.75) is 38.6 Å². The number of benzene rings is 1. The molecule has 2 N–H and O–H groups in total. The van der Waals surface area contributed by atoms with Crippen molar-refractivity contribution in [2.24, 2.45) is 4.99 Å². The number of carbonyl (C=O) groups excluding carboxylic acids is 1. The maximum Gasteiger partial charge on any atom is 0.222 e. The van der Waals surface area contributed by atoms with Gasteiger partial charge in [0.15, 0.2) is 5.96 Å². The lowest BCUT2D eigenvalue weighted by atomic mass is 10.2. The second-order valence-electron chi connectivity index (χ2n) is 7.49. The van der Waals surface area contributed by atoms with Crippen LogP contribution in [0.15, 0.2) is 23.2 Å². The molecule has 2 aliphatic heterocycles. The van der Waals surface area contributed by atoms with E-state index in [2.05, 4.69) is 22.5 Å². The summed E-state index contributed by atoms with van der Waals surface area (Å²) in [7, 11) is 1.68. The van der Waals surface area contributed by atoms with Crippen molar-refractivity contribution in [3.8, 4) is 5.75 Å². The second kappa shape index (κ2) is 10.6. The van der Waals surface area contributed by atoms with Gasteiger partial charge in [-0.15, -0.1) is 0 Å². The molecule has 0 aromatic heterocycles. The highest BCUT2D eigenvalue weighted by Gasteiger charge is 2.25. The molecule has 1 unspecified atom stereocenters. The molecule has 0 saturated carbocycles. The zero-order chi connectivity index (χ0) is 20.6. The second-order valence-corrected chi connectivity index (χ2v) is 7.93. The molecule has 160 valence electrons. The van der Waals surface area contributed by atoms with Crippen molar-refractivity contribution < 1.29 is 9.53 Å². The number of rotatable bonds is 8. The minimum Gasteiger partial charge on any atom is -0.495 e. The molecule has 0 spiro atoms. The summed E-state index contributed by atoms with van der Waals surface area (Å²) in [5, 5.41) is 7.59. The number of hydrogen-bond acceptors (Lipinski definition) is 4. The molecular formula is C21H32ClN5O2. The molecule has 0 bridgehead atoms. The third kappa shape index (κ3) is 5.92. The third-order valence-electron chi connectivity index (χ3n) is 5.38. The van der Waals surface area contributed by atoms with Crippen molar-refractivity contribution in [3.63, 3.8) is 0 Å². The van der Waals surface area contributed by atoms with E-state index in [4.69, 9.17) is 21.3 Å². The molecule has 1 aromatic rings. The van der Waals surface area contributed by atoms with Crippen LogP contribution in [-0.4, -0.2) is 69.2 Å². The number of hydrogen-bond donors (Lipinski definition) is 2. The Kier molecular flexibility index (Phi) is 7.86. The first-order valence-corrected chi connectivity index (χ1v) is 10.9. The van der Waals surface area contributed by atoms with E-state index in [9.17, 15) is 4.79 Å². The van der Waals surface area contributed by atoms with E-state index in [1.165, 1.54) is 0 Å². The van der Waals surface area contributed by atoms with Gasteiger partial charge in [0.05, 0.1) is 12.8 Å². The van der Waals surface area contributed by atoms with Gasteiger partial charge >= 0.3 is 0 Å². The van der Waals surface area contributed by atoms with Gasteiger partial charge in [-0.2, -0.15) is 0 Å². The Bertz CT molecular complexity index is 727. The smallest absolute Gasteiger partial charge is 0.222 e.